The third-order valence-electron chi connectivity index (χ3n) is 10.8. The van der Waals surface area contributed by atoms with E-state index in [1.165, 1.54) is 23.8 Å². The fraction of sp³-hybridized carbons (Fsp3) is 0.333. The molecule has 15 heteroatoms. The average Bonchev–Trinajstić information content (AvgIpc) is 3.81. The van der Waals surface area contributed by atoms with Gasteiger partial charge in [-0.2, -0.15) is 0 Å². The highest BCUT2D eigenvalue weighted by molar-refractivity contribution is 6.71. The van der Waals surface area contributed by atoms with Gasteiger partial charge in [0.2, 0.25) is 0 Å². The highest BCUT2D eigenvalue weighted by Gasteiger charge is 2.66. The molecule has 1 fully saturated rings. The van der Waals surface area contributed by atoms with Crippen LogP contribution in [0.5, 0.6) is 5.75 Å². The summed E-state index contributed by atoms with van der Waals surface area (Å²) >= 11 is 0. The lowest BCUT2D eigenvalue weighted by molar-refractivity contribution is -0.385. The van der Waals surface area contributed by atoms with Gasteiger partial charge in [-0.25, -0.2) is 0 Å². The number of carbonyl (C=O) groups excluding carboxylic acids is 1. The number of rotatable bonds is 12. The van der Waals surface area contributed by atoms with Crippen molar-refractivity contribution in [3.05, 3.63) is 140 Å². The molecule has 7 rings (SSSR count). The van der Waals surface area contributed by atoms with Crippen molar-refractivity contribution in [2.24, 2.45) is 5.92 Å². The molecule has 2 aliphatic rings. The van der Waals surface area contributed by atoms with Crippen LogP contribution in [0.25, 0.3) is 5.69 Å². The predicted molar refractivity (Wildman–Crippen MR) is 202 cm³/mol. The molecule has 0 aliphatic carbocycles. The Morgan fingerprint density at radius 1 is 1.06 bits per heavy atom. The number of hydrogen-bond donors (Lipinski definition) is 2. The lowest BCUT2D eigenvalue weighted by atomic mass is 9.82. The van der Waals surface area contributed by atoms with Gasteiger partial charge in [-0.1, -0.05) is 54.6 Å². The van der Waals surface area contributed by atoms with Crippen LogP contribution in [0.1, 0.15) is 41.6 Å². The fourth-order valence-corrected chi connectivity index (χ4v) is 10.9. The summed E-state index contributed by atoms with van der Waals surface area (Å²) < 4.78 is 15.3. The zero-order chi connectivity index (χ0) is 38.4. The number of benzene rings is 3. The van der Waals surface area contributed by atoms with Crippen LogP contribution >= 0.6 is 0 Å². The zero-order valence-electron chi connectivity index (χ0n) is 30.4. The van der Waals surface area contributed by atoms with E-state index in [9.17, 15) is 29.6 Å². The standard InChI is InChI=1S/C39H42N6O8Si/c1-25-36(54(3,4)51)34(17-19-42-23-32(40-41-42)30(24-46)27-11-6-5-7-12-27)53-39(25)31-21-29(45(49)50)15-16-33(31)44(38(39)48)22-26-10-8-13-28(20-26)43-18-9-14-35(52-2)37(43)47/h5-16,18,20-21,23,25,30,34,36,46,51H,17,19,22,24H2,1-4H3/t25-,30?,34+,36-,39+/m0/s1. The van der Waals surface area contributed by atoms with Crippen molar-refractivity contribution in [1.29, 1.82) is 0 Å². The van der Waals surface area contributed by atoms with Crippen LogP contribution in [0.15, 0.2) is 102 Å². The molecule has 0 saturated carbocycles. The largest absolute Gasteiger partial charge is 0.491 e. The summed E-state index contributed by atoms with van der Waals surface area (Å²) in [5, 5.41) is 30.9. The number of anilines is 1. The van der Waals surface area contributed by atoms with Crippen molar-refractivity contribution in [1.82, 2.24) is 19.6 Å². The fourth-order valence-electron chi connectivity index (χ4n) is 8.32. The second-order valence-electron chi connectivity index (χ2n) is 14.5. The van der Waals surface area contributed by atoms with Gasteiger partial charge < -0.3 is 24.3 Å². The van der Waals surface area contributed by atoms with Crippen molar-refractivity contribution in [2.75, 3.05) is 18.6 Å². The normalized spacial score (nSPS) is 21.4. The maximum Gasteiger partial charge on any atom is 0.297 e. The minimum Gasteiger partial charge on any atom is -0.491 e. The van der Waals surface area contributed by atoms with Gasteiger partial charge in [-0.05, 0) is 61.0 Å². The molecule has 280 valence electrons. The smallest absolute Gasteiger partial charge is 0.297 e. The monoisotopic (exact) mass is 750 g/mol. The molecule has 3 aromatic carbocycles. The van der Waals surface area contributed by atoms with Gasteiger partial charge >= 0.3 is 0 Å². The highest BCUT2D eigenvalue weighted by atomic mass is 28.4. The number of nitro groups is 1. The molecule has 0 bridgehead atoms. The second kappa shape index (κ2) is 14.4. The van der Waals surface area contributed by atoms with Crippen molar-refractivity contribution < 1.29 is 29.1 Å². The van der Waals surface area contributed by atoms with E-state index < -0.39 is 36.4 Å². The summed E-state index contributed by atoms with van der Waals surface area (Å²) in [6.45, 7) is 5.83. The number of non-ortho nitro benzene ring substituents is 1. The maximum absolute atomic E-state index is 15.0. The molecular weight excluding hydrogens is 709 g/mol. The van der Waals surface area contributed by atoms with Crippen molar-refractivity contribution >= 4 is 25.6 Å². The molecule has 2 N–H and O–H groups in total. The molecule has 2 aliphatic heterocycles. The number of nitrogens with zero attached hydrogens (tertiary/aromatic N) is 6. The van der Waals surface area contributed by atoms with Crippen LogP contribution in [-0.2, 0) is 28.2 Å². The number of ether oxygens (including phenoxy) is 2. The molecule has 1 spiro atoms. The van der Waals surface area contributed by atoms with E-state index in [4.69, 9.17) is 9.47 Å². The number of pyridine rings is 1. The number of hydrogen-bond acceptors (Lipinski definition) is 10. The summed E-state index contributed by atoms with van der Waals surface area (Å²) in [6, 6.07) is 24.5. The van der Waals surface area contributed by atoms with E-state index in [0.717, 1.165) is 5.56 Å². The van der Waals surface area contributed by atoms with Crippen molar-refractivity contribution in [3.8, 4) is 11.4 Å². The number of aliphatic hydroxyl groups excluding tert-OH is 1. The summed E-state index contributed by atoms with van der Waals surface area (Å²) in [4.78, 5) is 52.9. The second-order valence-corrected chi connectivity index (χ2v) is 18.4. The van der Waals surface area contributed by atoms with Gasteiger partial charge in [0.05, 0.1) is 48.6 Å². The Morgan fingerprint density at radius 2 is 1.83 bits per heavy atom. The van der Waals surface area contributed by atoms with E-state index in [0.29, 0.717) is 41.2 Å². The van der Waals surface area contributed by atoms with Crippen LogP contribution in [0.3, 0.4) is 0 Å². The first-order valence-electron chi connectivity index (χ1n) is 17.8. The first-order valence-corrected chi connectivity index (χ1v) is 20.8. The van der Waals surface area contributed by atoms with Gasteiger partial charge in [0, 0.05) is 53.8 Å². The first-order chi connectivity index (χ1) is 25.9. The molecule has 1 amide bonds. The van der Waals surface area contributed by atoms with E-state index in [1.807, 2.05) is 62.5 Å². The quantitative estimate of drug-likeness (QED) is 0.101. The number of nitro benzene ring substituents is 1. The Kier molecular flexibility index (Phi) is 9.82. The Hall–Kier alpha value is -5.48. The van der Waals surface area contributed by atoms with E-state index >= 15 is 0 Å². The Morgan fingerprint density at radius 3 is 2.54 bits per heavy atom. The van der Waals surface area contributed by atoms with Crippen LogP contribution in [0, 0.1) is 16.0 Å². The molecule has 5 atom stereocenters. The van der Waals surface area contributed by atoms with Crippen LogP contribution in [-0.4, -0.2) is 68.4 Å². The molecule has 5 aromatic rings. The van der Waals surface area contributed by atoms with Gasteiger partial charge in [0.15, 0.2) is 19.7 Å². The van der Waals surface area contributed by atoms with Crippen LogP contribution in [0.2, 0.25) is 18.6 Å². The van der Waals surface area contributed by atoms with Crippen molar-refractivity contribution in [2.45, 2.75) is 62.7 Å². The topological polar surface area (TPSA) is 175 Å². The minimum atomic E-state index is -3.04. The number of fused-ring (bicyclic) bond motifs is 2. The summed E-state index contributed by atoms with van der Waals surface area (Å²) in [5.74, 6) is -1.09. The Balaban J connectivity index is 1.22. The van der Waals surface area contributed by atoms with Gasteiger partial charge in [0.25, 0.3) is 17.2 Å². The molecule has 0 radical (unpaired) electrons. The number of aryl methyl sites for hydroxylation is 1. The lowest BCUT2D eigenvalue weighted by Crippen LogP contribution is -2.46. The zero-order valence-corrected chi connectivity index (χ0v) is 31.4. The third kappa shape index (κ3) is 6.42. The first kappa shape index (κ1) is 36.9. The van der Waals surface area contributed by atoms with Crippen LogP contribution in [0.4, 0.5) is 11.4 Å². The van der Waals surface area contributed by atoms with E-state index in [1.54, 1.807) is 52.3 Å². The molecule has 1 unspecified atom stereocenters. The molecular formula is C39H42N6O8Si. The molecule has 2 aromatic heterocycles. The summed E-state index contributed by atoms with van der Waals surface area (Å²) in [6.07, 6.45) is 3.20. The molecule has 54 heavy (non-hydrogen) atoms. The molecule has 1 saturated heterocycles. The van der Waals surface area contributed by atoms with E-state index in [2.05, 4.69) is 10.3 Å². The van der Waals surface area contributed by atoms with Crippen LogP contribution < -0.4 is 15.2 Å². The summed E-state index contributed by atoms with van der Waals surface area (Å²) in [7, 11) is -1.60. The Bertz CT molecular complexity index is 2260. The highest BCUT2D eigenvalue weighted by Crippen LogP contribution is 2.60. The number of aromatic nitrogens is 4. The van der Waals surface area contributed by atoms with Gasteiger partial charge in [0.1, 0.15) is 0 Å². The van der Waals surface area contributed by atoms with E-state index in [-0.39, 0.29) is 42.0 Å². The number of methoxy groups -OCH3 is 1. The van der Waals surface area contributed by atoms with Crippen molar-refractivity contribution in [3.63, 3.8) is 0 Å². The minimum absolute atomic E-state index is 0.0957. The average molecular weight is 751 g/mol. The van der Waals surface area contributed by atoms with Gasteiger partial charge in [-0.3, -0.25) is 29.0 Å². The number of amides is 1. The number of carbonyl (C=O) groups is 1. The number of aliphatic hydroxyl groups is 1. The molecule has 4 heterocycles. The Labute approximate surface area is 312 Å². The SMILES string of the molecule is COc1cccn(-c2cccc(CN3C(=O)[C@]4(O[C@H](CCn5cc(C(CO)c6ccccc6)nn5)[C@@H]([Si](C)(C)O)[C@@H]4C)c4cc([N+](=O)[O-])ccc43)c2)c1=O. The summed E-state index contributed by atoms with van der Waals surface area (Å²) in [5.41, 5.74) is 1.14. The maximum atomic E-state index is 15.0. The molecule has 14 nitrogen and oxygen atoms in total. The predicted octanol–water partition coefficient (Wildman–Crippen LogP) is 4.90. The van der Waals surface area contributed by atoms with Gasteiger partial charge in [-0.15, -0.1) is 5.10 Å². The third-order valence-corrected chi connectivity index (χ3v) is 13.3. The lowest BCUT2D eigenvalue weighted by Gasteiger charge is -2.32.